The molecule has 0 spiro atoms. The van der Waals surface area contributed by atoms with Gasteiger partial charge in [-0.3, -0.25) is 0 Å². The molecule has 0 rings (SSSR count). The number of ether oxygens (including phenoxy) is 1. The molecule has 0 aliphatic carbocycles. The van der Waals surface area contributed by atoms with E-state index < -0.39 is 0 Å². The summed E-state index contributed by atoms with van der Waals surface area (Å²) in [6.07, 6.45) is 60.4. The summed E-state index contributed by atoms with van der Waals surface area (Å²) in [6.45, 7) is 6.31. The molecule has 0 aromatic rings. The largest absolute Gasteiger partial charge is 0.381 e. The molecular weight excluding hydrogens is 496 g/mol. The van der Waals surface area contributed by atoms with E-state index in [4.69, 9.17) is 4.74 Å². The smallest absolute Gasteiger partial charge is 0.0466 e. The number of allylic oxidation sites excluding steroid dienone is 16. The number of hydrogen-bond donors (Lipinski definition) is 0. The highest BCUT2D eigenvalue weighted by Crippen LogP contribution is 2.04. The molecule has 41 heavy (non-hydrogen) atoms. The quantitative estimate of drug-likeness (QED) is 0.0625. The molecular formula is C40H66O. The van der Waals surface area contributed by atoms with Gasteiger partial charge in [-0.2, -0.15) is 0 Å². The van der Waals surface area contributed by atoms with E-state index in [1.165, 1.54) is 64.2 Å². The van der Waals surface area contributed by atoms with Crippen LogP contribution in [0, 0.1) is 0 Å². The highest BCUT2D eigenvalue weighted by Gasteiger charge is 1.90. The first kappa shape index (κ1) is 38.9. The second-order valence-electron chi connectivity index (χ2n) is 10.8. The maximum absolute atomic E-state index is 5.80. The van der Waals surface area contributed by atoms with Crippen LogP contribution in [-0.4, -0.2) is 13.2 Å². The first-order valence-corrected chi connectivity index (χ1v) is 17.2. The van der Waals surface area contributed by atoms with Crippen molar-refractivity contribution in [1.82, 2.24) is 0 Å². The summed E-state index contributed by atoms with van der Waals surface area (Å²) in [7, 11) is 0. The molecule has 0 unspecified atom stereocenters. The normalized spacial score (nSPS) is 13.1. The molecule has 0 bridgehead atoms. The lowest BCUT2D eigenvalue weighted by Gasteiger charge is -2.02. The Morgan fingerprint density at radius 3 is 0.805 bits per heavy atom. The van der Waals surface area contributed by atoms with Gasteiger partial charge in [0.15, 0.2) is 0 Å². The molecule has 0 aliphatic heterocycles. The second kappa shape index (κ2) is 37.9. The maximum Gasteiger partial charge on any atom is 0.0466 e. The zero-order valence-corrected chi connectivity index (χ0v) is 27.2. The van der Waals surface area contributed by atoms with Gasteiger partial charge >= 0.3 is 0 Å². The summed E-state index contributed by atoms with van der Waals surface area (Å²) in [5.74, 6) is 0. The van der Waals surface area contributed by atoms with Crippen molar-refractivity contribution in [1.29, 1.82) is 0 Å². The summed E-state index contributed by atoms with van der Waals surface area (Å²) < 4.78 is 5.80. The van der Waals surface area contributed by atoms with E-state index in [1.54, 1.807) is 0 Å². The SMILES string of the molecule is CCCCC/C=C\C/C=C\C/C=C\C/C=C\CCCCOCCCC/C=C\C/C=C\C/C=C\C/C=C\CCCCC. The molecule has 0 saturated heterocycles. The van der Waals surface area contributed by atoms with Crippen molar-refractivity contribution in [3.8, 4) is 0 Å². The minimum atomic E-state index is 0.901. The van der Waals surface area contributed by atoms with Gasteiger partial charge in [-0.1, -0.05) is 137 Å². The Morgan fingerprint density at radius 1 is 0.293 bits per heavy atom. The van der Waals surface area contributed by atoms with Gasteiger partial charge in [0.05, 0.1) is 0 Å². The van der Waals surface area contributed by atoms with Crippen molar-refractivity contribution in [2.75, 3.05) is 13.2 Å². The lowest BCUT2D eigenvalue weighted by Crippen LogP contribution is -1.96. The van der Waals surface area contributed by atoms with Crippen molar-refractivity contribution in [2.24, 2.45) is 0 Å². The molecule has 0 aliphatic rings. The molecule has 1 nitrogen and oxygen atoms in total. The molecule has 232 valence electrons. The van der Waals surface area contributed by atoms with Crippen LogP contribution in [0.15, 0.2) is 97.2 Å². The first-order valence-electron chi connectivity index (χ1n) is 17.2. The van der Waals surface area contributed by atoms with Gasteiger partial charge in [0.2, 0.25) is 0 Å². The minimum Gasteiger partial charge on any atom is -0.381 e. The Morgan fingerprint density at radius 2 is 0.537 bits per heavy atom. The van der Waals surface area contributed by atoms with Crippen molar-refractivity contribution in [3.05, 3.63) is 97.2 Å². The predicted octanol–water partition coefficient (Wildman–Crippen LogP) is 13.3. The Balaban J connectivity index is 3.37. The van der Waals surface area contributed by atoms with Crippen LogP contribution in [0.5, 0.6) is 0 Å². The Hall–Kier alpha value is -2.12. The zero-order valence-electron chi connectivity index (χ0n) is 27.2. The van der Waals surface area contributed by atoms with Gasteiger partial charge in [-0.25, -0.2) is 0 Å². The van der Waals surface area contributed by atoms with Gasteiger partial charge in [-0.15, -0.1) is 0 Å². The molecule has 0 saturated carbocycles. The second-order valence-corrected chi connectivity index (χ2v) is 10.8. The van der Waals surface area contributed by atoms with Crippen LogP contribution in [0.2, 0.25) is 0 Å². The van der Waals surface area contributed by atoms with Crippen LogP contribution in [0.3, 0.4) is 0 Å². The van der Waals surface area contributed by atoms with E-state index >= 15 is 0 Å². The van der Waals surface area contributed by atoms with Crippen molar-refractivity contribution < 1.29 is 4.74 Å². The molecule has 1 heteroatoms. The van der Waals surface area contributed by atoms with E-state index in [9.17, 15) is 0 Å². The fraction of sp³-hybridized carbons (Fsp3) is 0.600. The van der Waals surface area contributed by atoms with Gasteiger partial charge in [0.25, 0.3) is 0 Å². The predicted molar refractivity (Wildman–Crippen MR) is 188 cm³/mol. The van der Waals surface area contributed by atoms with Crippen molar-refractivity contribution >= 4 is 0 Å². The third-order valence-corrected chi connectivity index (χ3v) is 6.73. The van der Waals surface area contributed by atoms with Gasteiger partial charge in [0, 0.05) is 13.2 Å². The molecule has 0 fully saturated rings. The molecule has 0 amide bonds. The van der Waals surface area contributed by atoms with E-state index in [-0.39, 0.29) is 0 Å². The summed E-state index contributed by atoms with van der Waals surface area (Å²) in [4.78, 5) is 0. The summed E-state index contributed by atoms with van der Waals surface area (Å²) in [5.41, 5.74) is 0. The average Bonchev–Trinajstić information content (AvgIpc) is 2.98. The van der Waals surface area contributed by atoms with Crippen LogP contribution >= 0.6 is 0 Å². The average molecular weight is 563 g/mol. The Bertz CT molecular complexity index is 666. The van der Waals surface area contributed by atoms with Crippen molar-refractivity contribution in [2.45, 2.75) is 142 Å². The third-order valence-electron chi connectivity index (χ3n) is 6.73. The topological polar surface area (TPSA) is 9.23 Å². The fourth-order valence-corrected chi connectivity index (χ4v) is 4.16. The standard InChI is InChI=1S/C40H66O/c1-3-5-7-9-11-13-15-17-19-21-23-25-27-29-31-33-35-37-39-41-40-38-36-34-32-30-28-26-24-22-20-18-16-14-12-10-8-6-4-2/h11-14,17-20,23-26,29-32H,3-10,15-16,21-22,27-28,33-40H2,1-2H3/b13-11-,14-12-,19-17-,20-18-,25-23-,26-24-,31-29-,32-30-. The highest BCUT2D eigenvalue weighted by atomic mass is 16.5. The maximum atomic E-state index is 5.80. The molecule has 0 N–H and O–H groups in total. The highest BCUT2D eigenvalue weighted by molar-refractivity contribution is 5.00. The van der Waals surface area contributed by atoms with Crippen LogP contribution in [0.25, 0.3) is 0 Å². The minimum absolute atomic E-state index is 0.901. The number of unbranched alkanes of at least 4 members (excludes halogenated alkanes) is 10. The Kier molecular flexibility index (Phi) is 35.9. The summed E-state index contributed by atoms with van der Waals surface area (Å²) in [6, 6.07) is 0. The van der Waals surface area contributed by atoms with Crippen LogP contribution in [-0.2, 0) is 4.74 Å². The lowest BCUT2D eigenvalue weighted by atomic mass is 10.2. The lowest BCUT2D eigenvalue weighted by molar-refractivity contribution is 0.127. The first-order chi connectivity index (χ1) is 20.4. The molecule has 0 radical (unpaired) electrons. The molecule has 0 atom stereocenters. The van der Waals surface area contributed by atoms with E-state index in [0.29, 0.717) is 0 Å². The van der Waals surface area contributed by atoms with Gasteiger partial charge in [-0.05, 0) is 103 Å². The van der Waals surface area contributed by atoms with E-state index in [2.05, 4.69) is 111 Å². The summed E-state index contributed by atoms with van der Waals surface area (Å²) in [5, 5.41) is 0. The third kappa shape index (κ3) is 37.9. The Labute approximate surface area is 257 Å². The van der Waals surface area contributed by atoms with Crippen LogP contribution in [0.4, 0.5) is 0 Å². The fourth-order valence-electron chi connectivity index (χ4n) is 4.16. The van der Waals surface area contributed by atoms with E-state index in [0.717, 1.165) is 77.4 Å². The molecule has 0 aromatic carbocycles. The number of rotatable bonds is 30. The molecule has 0 heterocycles. The van der Waals surface area contributed by atoms with Gasteiger partial charge in [0.1, 0.15) is 0 Å². The molecule has 0 aromatic heterocycles. The number of hydrogen-bond acceptors (Lipinski definition) is 1. The van der Waals surface area contributed by atoms with Crippen LogP contribution in [0.1, 0.15) is 142 Å². The van der Waals surface area contributed by atoms with Crippen molar-refractivity contribution in [3.63, 3.8) is 0 Å². The van der Waals surface area contributed by atoms with Crippen LogP contribution < -0.4 is 0 Å². The van der Waals surface area contributed by atoms with Gasteiger partial charge < -0.3 is 4.74 Å². The zero-order chi connectivity index (χ0) is 29.6. The van der Waals surface area contributed by atoms with E-state index in [1.807, 2.05) is 0 Å². The monoisotopic (exact) mass is 563 g/mol. The summed E-state index contributed by atoms with van der Waals surface area (Å²) >= 11 is 0.